The zero-order valence-corrected chi connectivity index (χ0v) is 11.8. The summed E-state index contributed by atoms with van der Waals surface area (Å²) >= 11 is 0. The Morgan fingerprint density at radius 2 is 2.06 bits per heavy atom. The van der Waals surface area contributed by atoms with Gasteiger partial charge in [-0.25, -0.2) is 4.98 Å². The number of aryl methyl sites for hydroxylation is 1. The van der Waals surface area contributed by atoms with Crippen LogP contribution in [0.1, 0.15) is 46.4 Å². The van der Waals surface area contributed by atoms with Crippen molar-refractivity contribution < 1.29 is 5.11 Å². The van der Waals surface area contributed by atoms with Gasteiger partial charge >= 0.3 is 0 Å². The summed E-state index contributed by atoms with van der Waals surface area (Å²) in [5.41, 5.74) is 0.336. The highest BCUT2D eigenvalue weighted by Crippen LogP contribution is 2.27. The molecule has 1 N–H and O–H groups in total. The molecule has 1 rings (SSSR count). The van der Waals surface area contributed by atoms with E-state index in [0.717, 1.165) is 18.7 Å². The normalized spacial score (nSPS) is 15.9. The van der Waals surface area contributed by atoms with Crippen molar-refractivity contribution in [1.29, 1.82) is 0 Å². The van der Waals surface area contributed by atoms with Gasteiger partial charge in [0, 0.05) is 25.9 Å². The number of aromatic nitrogens is 2. The van der Waals surface area contributed by atoms with E-state index in [9.17, 15) is 5.11 Å². The molecule has 17 heavy (non-hydrogen) atoms. The van der Waals surface area contributed by atoms with Crippen molar-refractivity contribution in [1.82, 2.24) is 9.55 Å². The lowest BCUT2D eigenvalue weighted by Gasteiger charge is -2.24. The van der Waals surface area contributed by atoms with Gasteiger partial charge in [0.2, 0.25) is 0 Å². The predicted molar refractivity (Wildman–Crippen MR) is 70.8 cm³/mol. The highest BCUT2D eigenvalue weighted by atomic mass is 16.3. The van der Waals surface area contributed by atoms with Gasteiger partial charge in [0.15, 0.2) is 0 Å². The third-order valence-corrected chi connectivity index (χ3v) is 2.97. The van der Waals surface area contributed by atoms with Crippen LogP contribution in [0.25, 0.3) is 0 Å². The predicted octanol–water partition coefficient (Wildman–Crippen LogP) is 2.79. The summed E-state index contributed by atoms with van der Waals surface area (Å²) in [4.78, 5) is 4.24. The van der Waals surface area contributed by atoms with Crippen molar-refractivity contribution in [3.05, 3.63) is 18.2 Å². The first-order valence-corrected chi connectivity index (χ1v) is 6.42. The molecule has 0 aromatic carbocycles. The second-order valence-electron chi connectivity index (χ2n) is 6.42. The van der Waals surface area contributed by atoms with Gasteiger partial charge < -0.3 is 9.67 Å². The molecule has 98 valence electrons. The third kappa shape index (κ3) is 5.35. The lowest BCUT2D eigenvalue weighted by Crippen LogP contribution is -2.20. The van der Waals surface area contributed by atoms with Crippen LogP contribution < -0.4 is 0 Å². The largest absolute Gasteiger partial charge is 0.393 e. The Morgan fingerprint density at radius 3 is 2.53 bits per heavy atom. The van der Waals surface area contributed by atoms with E-state index in [4.69, 9.17) is 0 Å². The lowest BCUT2D eigenvalue weighted by atomic mass is 9.83. The molecule has 1 aromatic heterocycles. The molecule has 0 bridgehead atoms. The number of rotatable bonds is 5. The molecule has 0 radical (unpaired) electrons. The highest BCUT2D eigenvalue weighted by molar-refractivity contribution is 4.93. The van der Waals surface area contributed by atoms with Gasteiger partial charge in [0.25, 0.3) is 0 Å². The van der Waals surface area contributed by atoms with Crippen LogP contribution in [-0.2, 0) is 13.5 Å². The first-order chi connectivity index (χ1) is 7.78. The Labute approximate surface area is 105 Å². The van der Waals surface area contributed by atoms with E-state index in [1.807, 2.05) is 17.8 Å². The molecule has 0 spiro atoms. The van der Waals surface area contributed by atoms with Crippen molar-refractivity contribution >= 4 is 0 Å². The summed E-state index contributed by atoms with van der Waals surface area (Å²) in [6.07, 6.45) is 6.06. The molecule has 0 aliphatic rings. The molecule has 0 aliphatic heterocycles. The van der Waals surface area contributed by atoms with E-state index in [0.29, 0.717) is 17.8 Å². The summed E-state index contributed by atoms with van der Waals surface area (Å²) in [5, 5.41) is 10.1. The van der Waals surface area contributed by atoms with Gasteiger partial charge in [0.1, 0.15) is 5.82 Å². The fourth-order valence-electron chi connectivity index (χ4n) is 2.48. The third-order valence-electron chi connectivity index (χ3n) is 2.97. The number of aliphatic hydroxyl groups is 1. The first kappa shape index (κ1) is 14.2. The van der Waals surface area contributed by atoms with Gasteiger partial charge in [-0.05, 0) is 24.2 Å². The molecular weight excluding hydrogens is 212 g/mol. The maximum atomic E-state index is 10.1. The minimum atomic E-state index is -0.284. The van der Waals surface area contributed by atoms with E-state index in [1.165, 1.54) is 0 Å². The van der Waals surface area contributed by atoms with Gasteiger partial charge in [-0.15, -0.1) is 0 Å². The molecule has 3 nitrogen and oxygen atoms in total. The van der Waals surface area contributed by atoms with Crippen LogP contribution in [0.2, 0.25) is 0 Å². The van der Waals surface area contributed by atoms with E-state index >= 15 is 0 Å². The summed E-state index contributed by atoms with van der Waals surface area (Å²) in [7, 11) is 1.97. The van der Waals surface area contributed by atoms with Crippen molar-refractivity contribution in [3.8, 4) is 0 Å². The average Bonchev–Trinajstić information content (AvgIpc) is 2.47. The van der Waals surface area contributed by atoms with E-state index in [1.54, 1.807) is 6.20 Å². The number of imidazole rings is 1. The zero-order chi connectivity index (χ0) is 13.1. The molecule has 1 heterocycles. The van der Waals surface area contributed by atoms with E-state index < -0.39 is 0 Å². The second-order valence-corrected chi connectivity index (χ2v) is 6.42. The Bertz CT molecular complexity index is 338. The smallest absolute Gasteiger partial charge is 0.110 e. The van der Waals surface area contributed by atoms with Crippen LogP contribution in [0.15, 0.2) is 12.4 Å². The quantitative estimate of drug-likeness (QED) is 0.856. The number of nitrogens with zero attached hydrogens (tertiary/aromatic N) is 2. The van der Waals surface area contributed by atoms with Crippen LogP contribution in [0, 0.1) is 11.3 Å². The SMILES string of the molecule is CC(CC(O)Cc1nccn1C)CC(C)(C)C. The molecule has 2 atom stereocenters. The van der Waals surface area contributed by atoms with Gasteiger partial charge in [-0.1, -0.05) is 27.7 Å². The van der Waals surface area contributed by atoms with Crippen LogP contribution in [-0.4, -0.2) is 20.8 Å². The molecule has 2 unspecified atom stereocenters. The topological polar surface area (TPSA) is 38.1 Å². The average molecular weight is 238 g/mol. The maximum absolute atomic E-state index is 10.1. The van der Waals surface area contributed by atoms with Crippen LogP contribution in [0.4, 0.5) is 0 Å². The van der Waals surface area contributed by atoms with E-state index in [-0.39, 0.29) is 6.10 Å². The number of hydrogen-bond acceptors (Lipinski definition) is 2. The summed E-state index contributed by atoms with van der Waals surface area (Å²) in [6.45, 7) is 8.95. The van der Waals surface area contributed by atoms with Crippen molar-refractivity contribution in [3.63, 3.8) is 0 Å². The zero-order valence-electron chi connectivity index (χ0n) is 11.8. The fourth-order valence-corrected chi connectivity index (χ4v) is 2.48. The van der Waals surface area contributed by atoms with Crippen LogP contribution in [0.3, 0.4) is 0 Å². The van der Waals surface area contributed by atoms with Gasteiger partial charge in [-0.2, -0.15) is 0 Å². The maximum Gasteiger partial charge on any atom is 0.110 e. The fraction of sp³-hybridized carbons (Fsp3) is 0.786. The summed E-state index contributed by atoms with van der Waals surface area (Å²) in [5.74, 6) is 1.51. The van der Waals surface area contributed by atoms with E-state index in [2.05, 4.69) is 32.7 Å². The minimum Gasteiger partial charge on any atom is -0.393 e. The van der Waals surface area contributed by atoms with Gasteiger partial charge in [0.05, 0.1) is 6.10 Å². The van der Waals surface area contributed by atoms with Crippen molar-refractivity contribution in [2.24, 2.45) is 18.4 Å². The number of hydrogen-bond donors (Lipinski definition) is 1. The Kier molecular flexibility index (Phi) is 4.75. The molecule has 0 saturated carbocycles. The highest BCUT2D eigenvalue weighted by Gasteiger charge is 2.18. The van der Waals surface area contributed by atoms with Crippen LogP contribution >= 0.6 is 0 Å². The van der Waals surface area contributed by atoms with Gasteiger partial charge in [-0.3, -0.25) is 0 Å². The minimum absolute atomic E-state index is 0.284. The summed E-state index contributed by atoms with van der Waals surface area (Å²) < 4.78 is 1.97. The standard InChI is InChI=1S/C14H26N2O/c1-11(10-14(2,3)4)8-12(17)9-13-15-6-7-16(13)5/h6-7,11-12,17H,8-10H2,1-5H3. The Balaban J connectivity index is 2.39. The first-order valence-electron chi connectivity index (χ1n) is 6.42. The summed E-state index contributed by atoms with van der Waals surface area (Å²) in [6, 6.07) is 0. The molecule has 1 aromatic rings. The monoisotopic (exact) mass is 238 g/mol. The Morgan fingerprint density at radius 1 is 1.41 bits per heavy atom. The van der Waals surface area contributed by atoms with Crippen LogP contribution in [0.5, 0.6) is 0 Å². The Hall–Kier alpha value is -0.830. The number of aliphatic hydroxyl groups excluding tert-OH is 1. The molecule has 0 saturated heterocycles. The molecule has 0 amide bonds. The molecule has 0 aliphatic carbocycles. The van der Waals surface area contributed by atoms with Crippen molar-refractivity contribution in [2.75, 3.05) is 0 Å². The molecule has 0 fully saturated rings. The second kappa shape index (κ2) is 5.67. The molecular formula is C14H26N2O. The van der Waals surface area contributed by atoms with Crippen molar-refractivity contribution in [2.45, 2.75) is 53.1 Å². The lowest BCUT2D eigenvalue weighted by molar-refractivity contribution is 0.130. The molecule has 3 heteroatoms.